The van der Waals surface area contributed by atoms with Crippen LogP contribution in [-0.4, -0.2) is 30.4 Å². The molecule has 5 rings (SSSR count). The van der Waals surface area contributed by atoms with Crippen LogP contribution < -0.4 is 20.9 Å². The van der Waals surface area contributed by atoms with E-state index >= 15 is 0 Å². The quantitative estimate of drug-likeness (QED) is 0.517. The van der Waals surface area contributed by atoms with Gasteiger partial charge in [0.05, 0.1) is 0 Å². The van der Waals surface area contributed by atoms with Gasteiger partial charge in [-0.05, 0) is 78.5 Å². The number of nitrogens with two attached hydrogens (primary N) is 2. The largest absolute Gasteiger partial charge is 0.492 e. The molecule has 0 heterocycles. The Kier molecular flexibility index (Phi) is 5.77. The standard InChI is InChI=1S/C28H34N2O4/c1-17(31)34-21-7-8-22-19(15-21)11-12-28(30)24-9-10-25(32)27(24,2)16-23(26(22)28)18-3-5-20(6-4-18)33-14-13-29/h3-8,15,23-24,26H,9-14,16,29-30H2,1-2H3. The molecule has 3 aliphatic rings. The van der Waals surface area contributed by atoms with E-state index in [1.165, 1.54) is 23.6 Å². The molecule has 0 bridgehead atoms. The minimum Gasteiger partial charge on any atom is -0.492 e. The Balaban J connectivity index is 1.59. The van der Waals surface area contributed by atoms with E-state index in [-0.39, 0.29) is 23.7 Å². The summed E-state index contributed by atoms with van der Waals surface area (Å²) >= 11 is 0. The molecule has 34 heavy (non-hydrogen) atoms. The van der Waals surface area contributed by atoms with Crippen LogP contribution in [0.1, 0.15) is 68.1 Å². The van der Waals surface area contributed by atoms with Gasteiger partial charge in [0.2, 0.25) is 0 Å². The lowest BCUT2D eigenvalue weighted by molar-refractivity contribution is -0.132. The molecule has 0 aliphatic heterocycles. The molecule has 6 heteroatoms. The average molecular weight is 463 g/mol. The van der Waals surface area contributed by atoms with Crippen molar-refractivity contribution in [3.63, 3.8) is 0 Å². The number of carbonyl (C=O) groups excluding carboxylic acids is 2. The summed E-state index contributed by atoms with van der Waals surface area (Å²) < 4.78 is 11.0. The maximum absolute atomic E-state index is 13.2. The lowest BCUT2D eigenvalue weighted by Gasteiger charge is -2.58. The van der Waals surface area contributed by atoms with Crippen molar-refractivity contribution in [2.24, 2.45) is 22.8 Å². The fourth-order valence-corrected chi connectivity index (χ4v) is 7.17. The van der Waals surface area contributed by atoms with Crippen LogP contribution in [0.3, 0.4) is 0 Å². The number of esters is 1. The Morgan fingerprint density at radius 3 is 2.56 bits per heavy atom. The number of hydrogen-bond donors (Lipinski definition) is 2. The van der Waals surface area contributed by atoms with E-state index in [0.717, 1.165) is 31.4 Å². The highest BCUT2D eigenvalue weighted by molar-refractivity contribution is 5.88. The molecule has 6 nitrogen and oxygen atoms in total. The summed E-state index contributed by atoms with van der Waals surface area (Å²) in [6.07, 6.45) is 3.90. The number of fused-ring (bicyclic) bond motifs is 5. The maximum atomic E-state index is 13.2. The molecule has 5 atom stereocenters. The van der Waals surface area contributed by atoms with Gasteiger partial charge in [0, 0.05) is 36.8 Å². The van der Waals surface area contributed by atoms with Crippen LogP contribution in [0.2, 0.25) is 0 Å². The average Bonchev–Trinajstić information content (AvgIpc) is 3.12. The Labute approximate surface area is 201 Å². The zero-order chi connectivity index (χ0) is 24.1. The minimum atomic E-state index is -0.464. The summed E-state index contributed by atoms with van der Waals surface area (Å²) in [5.41, 5.74) is 15.7. The van der Waals surface area contributed by atoms with Gasteiger partial charge in [-0.3, -0.25) is 9.59 Å². The van der Waals surface area contributed by atoms with Crippen molar-refractivity contribution >= 4 is 11.8 Å². The monoisotopic (exact) mass is 462 g/mol. The molecule has 4 N–H and O–H groups in total. The first-order chi connectivity index (χ1) is 16.3. The number of ether oxygens (including phenoxy) is 2. The number of hydrogen-bond acceptors (Lipinski definition) is 6. The predicted octanol–water partition coefficient (Wildman–Crippen LogP) is 3.85. The van der Waals surface area contributed by atoms with Crippen LogP contribution in [0.15, 0.2) is 42.5 Å². The number of rotatable bonds is 5. The first-order valence-corrected chi connectivity index (χ1v) is 12.3. The Hall–Kier alpha value is -2.70. The Bertz CT molecular complexity index is 1110. The smallest absolute Gasteiger partial charge is 0.308 e. The van der Waals surface area contributed by atoms with Gasteiger partial charge in [-0.1, -0.05) is 25.1 Å². The van der Waals surface area contributed by atoms with E-state index in [1.807, 2.05) is 24.3 Å². The van der Waals surface area contributed by atoms with Crippen LogP contribution in [-0.2, 0) is 16.0 Å². The summed E-state index contributed by atoms with van der Waals surface area (Å²) in [4.78, 5) is 24.6. The third-order valence-electron chi connectivity index (χ3n) is 8.57. The highest BCUT2D eigenvalue weighted by Gasteiger charge is 2.63. The predicted molar refractivity (Wildman–Crippen MR) is 130 cm³/mol. The number of Topliss-reactive ketones (excluding diaryl/α,β-unsaturated/α-hetero) is 1. The molecule has 5 unspecified atom stereocenters. The van der Waals surface area contributed by atoms with Crippen LogP contribution in [0, 0.1) is 11.3 Å². The first-order valence-electron chi connectivity index (χ1n) is 12.3. The van der Waals surface area contributed by atoms with Gasteiger partial charge in [-0.2, -0.15) is 0 Å². The van der Waals surface area contributed by atoms with Crippen molar-refractivity contribution in [1.82, 2.24) is 0 Å². The van der Waals surface area contributed by atoms with Crippen molar-refractivity contribution in [1.29, 1.82) is 0 Å². The summed E-state index contributed by atoms with van der Waals surface area (Å²) in [7, 11) is 0. The second kappa shape index (κ2) is 8.51. The molecule has 2 aromatic carbocycles. The van der Waals surface area contributed by atoms with Crippen molar-refractivity contribution in [3.8, 4) is 11.5 Å². The molecular weight excluding hydrogens is 428 g/mol. The SMILES string of the molecule is CC(=O)Oc1ccc2c(c1)CCC1(N)C2C(c2ccc(OCCN)cc2)CC2(C)C(=O)CCC21. The van der Waals surface area contributed by atoms with E-state index < -0.39 is 11.0 Å². The van der Waals surface area contributed by atoms with E-state index in [2.05, 4.69) is 25.1 Å². The van der Waals surface area contributed by atoms with Crippen LogP contribution in [0.4, 0.5) is 0 Å². The van der Waals surface area contributed by atoms with Crippen LogP contribution in [0.25, 0.3) is 0 Å². The van der Waals surface area contributed by atoms with Crippen molar-refractivity contribution in [2.45, 2.75) is 63.3 Å². The van der Waals surface area contributed by atoms with E-state index in [0.29, 0.717) is 31.1 Å². The molecule has 0 spiro atoms. The van der Waals surface area contributed by atoms with Gasteiger partial charge >= 0.3 is 5.97 Å². The number of ketones is 1. The highest BCUT2D eigenvalue weighted by Crippen LogP contribution is 2.64. The molecule has 3 aliphatic carbocycles. The molecule has 2 aromatic rings. The summed E-state index contributed by atoms with van der Waals surface area (Å²) in [5.74, 6) is 1.76. The highest BCUT2D eigenvalue weighted by atomic mass is 16.5. The first kappa shape index (κ1) is 23.1. The van der Waals surface area contributed by atoms with Gasteiger partial charge in [0.1, 0.15) is 23.9 Å². The molecule has 2 fully saturated rings. The lowest BCUT2D eigenvalue weighted by Crippen LogP contribution is -2.63. The second-order valence-electron chi connectivity index (χ2n) is 10.5. The molecule has 180 valence electrons. The molecular formula is C28H34N2O4. The van der Waals surface area contributed by atoms with E-state index in [4.69, 9.17) is 20.9 Å². The zero-order valence-corrected chi connectivity index (χ0v) is 20.0. The topological polar surface area (TPSA) is 105 Å². The molecule has 0 saturated heterocycles. The summed E-state index contributed by atoms with van der Waals surface area (Å²) in [6.45, 7) is 4.50. The maximum Gasteiger partial charge on any atom is 0.308 e. The van der Waals surface area contributed by atoms with Gasteiger partial charge in [0.15, 0.2) is 0 Å². The zero-order valence-electron chi connectivity index (χ0n) is 20.0. The van der Waals surface area contributed by atoms with Crippen LogP contribution >= 0.6 is 0 Å². The number of carbonyl (C=O) groups is 2. The second-order valence-corrected chi connectivity index (χ2v) is 10.5. The fourth-order valence-electron chi connectivity index (χ4n) is 7.17. The minimum absolute atomic E-state index is 0.0856. The molecule has 2 saturated carbocycles. The summed E-state index contributed by atoms with van der Waals surface area (Å²) in [5, 5.41) is 0. The van der Waals surface area contributed by atoms with E-state index in [9.17, 15) is 9.59 Å². The van der Waals surface area contributed by atoms with Crippen LogP contribution in [0.5, 0.6) is 11.5 Å². The van der Waals surface area contributed by atoms with Gasteiger partial charge in [-0.15, -0.1) is 0 Å². The van der Waals surface area contributed by atoms with Crippen molar-refractivity contribution in [3.05, 3.63) is 59.2 Å². The van der Waals surface area contributed by atoms with Crippen molar-refractivity contribution in [2.75, 3.05) is 13.2 Å². The van der Waals surface area contributed by atoms with Gasteiger partial charge in [-0.25, -0.2) is 0 Å². The Morgan fingerprint density at radius 1 is 1.12 bits per heavy atom. The fraction of sp³-hybridized carbons (Fsp3) is 0.500. The molecule has 0 amide bonds. The number of aryl methyl sites for hydroxylation is 1. The van der Waals surface area contributed by atoms with Gasteiger partial charge < -0.3 is 20.9 Å². The van der Waals surface area contributed by atoms with Crippen molar-refractivity contribution < 1.29 is 19.1 Å². The molecule has 0 radical (unpaired) electrons. The van der Waals surface area contributed by atoms with E-state index in [1.54, 1.807) is 0 Å². The number of benzene rings is 2. The third-order valence-corrected chi connectivity index (χ3v) is 8.57. The summed E-state index contributed by atoms with van der Waals surface area (Å²) in [6, 6.07) is 14.2. The third kappa shape index (κ3) is 3.64. The Morgan fingerprint density at radius 2 is 1.85 bits per heavy atom. The lowest BCUT2D eigenvalue weighted by atomic mass is 9.47. The van der Waals surface area contributed by atoms with Gasteiger partial charge in [0.25, 0.3) is 0 Å². The normalized spacial score (nSPS) is 31.9. The molecule has 0 aromatic heterocycles.